The topological polar surface area (TPSA) is 24.9 Å². The predicted molar refractivity (Wildman–Crippen MR) is 73.5 cm³/mol. The SMILES string of the molecule is CC(NCc1cncc(Br)c1)c1c(F)cccc1F. The second-order valence-electron chi connectivity index (χ2n) is 4.25. The summed E-state index contributed by atoms with van der Waals surface area (Å²) in [6, 6.07) is 5.37. The molecular formula is C14H13BrF2N2. The third-order valence-electron chi connectivity index (χ3n) is 2.81. The summed E-state index contributed by atoms with van der Waals surface area (Å²) in [7, 11) is 0. The van der Waals surface area contributed by atoms with Crippen molar-refractivity contribution in [1.82, 2.24) is 10.3 Å². The van der Waals surface area contributed by atoms with Crippen LogP contribution in [0.3, 0.4) is 0 Å². The molecule has 0 saturated carbocycles. The molecule has 1 N–H and O–H groups in total. The summed E-state index contributed by atoms with van der Waals surface area (Å²) in [4.78, 5) is 4.03. The van der Waals surface area contributed by atoms with Crippen molar-refractivity contribution in [2.24, 2.45) is 0 Å². The Kier molecular flexibility index (Phi) is 4.61. The highest BCUT2D eigenvalue weighted by atomic mass is 79.9. The van der Waals surface area contributed by atoms with Crippen LogP contribution >= 0.6 is 15.9 Å². The summed E-state index contributed by atoms with van der Waals surface area (Å²) in [5.41, 5.74) is 1.00. The van der Waals surface area contributed by atoms with Crippen LogP contribution in [0.2, 0.25) is 0 Å². The predicted octanol–water partition coefficient (Wildman–Crippen LogP) is 3.97. The number of hydrogen-bond donors (Lipinski definition) is 1. The average Bonchev–Trinajstić information content (AvgIpc) is 2.36. The van der Waals surface area contributed by atoms with E-state index in [0.717, 1.165) is 10.0 Å². The minimum absolute atomic E-state index is 0.0606. The molecule has 2 aromatic rings. The number of halogens is 3. The van der Waals surface area contributed by atoms with Gasteiger partial charge in [-0.15, -0.1) is 0 Å². The number of benzene rings is 1. The number of hydrogen-bond acceptors (Lipinski definition) is 2. The van der Waals surface area contributed by atoms with E-state index in [1.807, 2.05) is 6.07 Å². The molecule has 1 heterocycles. The van der Waals surface area contributed by atoms with Gasteiger partial charge in [0.1, 0.15) is 11.6 Å². The van der Waals surface area contributed by atoms with Gasteiger partial charge in [0.15, 0.2) is 0 Å². The molecule has 0 aliphatic carbocycles. The molecular weight excluding hydrogens is 314 g/mol. The van der Waals surface area contributed by atoms with Crippen LogP contribution < -0.4 is 5.32 Å². The Labute approximate surface area is 119 Å². The molecule has 0 amide bonds. The van der Waals surface area contributed by atoms with Crippen LogP contribution in [0.25, 0.3) is 0 Å². The summed E-state index contributed by atoms with van der Waals surface area (Å²) < 4.78 is 28.1. The molecule has 1 aromatic carbocycles. The lowest BCUT2D eigenvalue weighted by Crippen LogP contribution is -2.20. The fraction of sp³-hybridized carbons (Fsp3) is 0.214. The third-order valence-corrected chi connectivity index (χ3v) is 3.24. The number of pyridine rings is 1. The van der Waals surface area contributed by atoms with E-state index in [1.165, 1.54) is 18.2 Å². The summed E-state index contributed by atoms with van der Waals surface area (Å²) in [6.07, 6.45) is 3.39. The van der Waals surface area contributed by atoms with Gasteiger partial charge in [-0.3, -0.25) is 4.98 Å². The molecule has 0 radical (unpaired) electrons. The van der Waals surface area contributed by atoms with Gasteiger partial charge in [0.25, 0.3) is 0 Å². The number of nitrogens with zero attached hydrogens (tertiary/aromatic N) is 1. The lowest BCUT2D eigenvalue weighted by molar-refractivity contribution is 0.487. The maximum atomic E-state index is 13.6. The van der Waals surface area contributed by atoms with Crippen LogP contribution in [0.15, 0.2) is 41.1 Å². The molecule has 2 nitrogen and oxygen atoms in total. The summed E-state index contributed by atoms with van der Waals surface area (Å²) in [5.74, 6) is -1.07. The standard InChI is InChI=1S/C14H13BrF2N2/c1-9(14-12(16)3-2-4-13(14)17)19-7-10-5-11(15)8-18-6-10/h2-6,8-9,19H,7H2,1H3. The largest absolute Gasteiger partial charge is 0.306 e. The highest BCUT2D eigenvalue weighted by molar-refractivity contribution is 9.10. The normalized spacial score (nSPS) is 12.4. The Morgan fingerprint density at radius 2 is 1.95 bits per heavy atom. The molecule has 0 fully saturated rings. The van der Waals surface area contributed by atoms with E-state index in [0.29, 0.717) is 6.54 Å². The zero-order valence-corrected chi connectivity index (χ0v) is 11.9. The van der Waals surface area contributed by atoms with Crippen LogP contribution in [0.5, 0.6) is 0 Å². The van der Waals surface area contributed by atoms with Crippen molar-refractivity contribution in [3.63, 3.8) is 0 Å². The lowest BCUT2D eigenvalue weighted by Gasteiger charge is -2.15. The van der Waals surface area contributed by atoms with E-state index >= 15 is 0 Å². The second kappa shape index (κ2) is 6.21. The number of nitrogens with one attached hydrogen (secondary N) is 1. The highest BCUT2D eigenvalue weighted by Crippen LogP contribution is 2.20. The van der Waals surface area contributed by atoms with Gasteiger partial charge in [0, 0.05) is 35.0 Å². The first-order chi connectivity index (χ1) is 9.08. The first-order valence-electron chi connectivity index (χ1n) is 5.84. The Hall–Kier alpha value is -1.33. The van der Waals surface area contributed by atoms with Crippen molar-refractivity contribution in [1.29, 1.82) is 0 Å². The van der Waals surface area contributed by atoms with E-state index in [4.69, 9.17) is 0 Å². The van der Waals surface area contributed by atoms with Gasteiger partial charge in [-0.05, 0) is 46.6 Å². The first-order valence-corrected chi connectivity index (χ1v) is 6.64. The lowest BCUT2D eigenvalue weighted by atomic mass is 10.1. The molecule has 0 aliphatic rings. The smallest absolute Gasteiger partial charge is 0.130 e. The van der Waals surface area contributed by atoms with E-state index in [-0.39, 0.29) is 5.56 Å². The average molecular weight is 327 g/mol. The van der Waals surface area contributed by atoms with Crippen LogP contribution in [0.1, 0.15) is 24.1 Å². The molecule has 19 heavy (non-hydrogen) atoms. The van der Waals surface area contributed by atoms with Gasteiger partial charge < -0.3 is 5.32 Å². The van der Waals surface area contributed by atoms with Gasteiger partial charge >= 0.3 is 0 Å². The molecule has 0 spiro atoms. The van der Waals surface area contributed by atoms with E-state index in [2.05, 4.69) is 26.2 Å². The van der Waals surface area contributed by atoms with E-state index in [9.17, 15) is 8.78 Å². The van der Waals surface area contributed by atoms with Gasteiger partial charge in [-0.25, -0.2) is 8.78 Å². The minimum Gasteiger partial charge on any atom is -0.306 e. The fourth-order valence-electron chi connectivity index (χ4n) is 1.85. The van der Waals surface area contributed by atoms with Crippen molar-refractivity contribution in [2.75, 3.05) is 0 Å². The molecule has 100 valence electrons. The van der Waals surface area contributed by atoms with Crippen molar-refractivity contribution < 1.29 is 8.78 Å². The second-order valence-corrected chi connectivity index (χ2v) is 5.17. The van der Waals surface area contributed by atoms with Crippen LogP contribution in [0, 0.1) is 11.6 Å². The monoisotopic (exact) mass is 326 g/mol. The Morgan fingerprint density at radius 3 is 2.58 bits per heavy atom. The van der Waals surface area contributed by atoms with E-state index < -0.39 is 17.7 Å². The summed E-state index contributed by atoms with van der Waals surface area (Å²) in [5, 5.41) is 3.08. The maximum absolute atomic E-state index is 13.6. The van der Waals surface area contributed by atoms with Crippen molar-refractivity contribution in [2.45, 2.75) is 19.5 Å². The zero-order valence-electron chi connectivity index (χ0n) is 10.3. The quantitative estimate of drug-likeness (QED) is 0.919. The van der Waals surface area contributed by atoms with Crippen molar-refractivity contribution in [3.8, 4) is 0 Å². The van der Waals surface area contributed by atoms with Crippen LogP contribution in [-0.2, 0) is 6.54 Å². The van der Waals surface area contributed by atoms with E-state index in [1.54, 1.807) is 19.3 Å². The van der Waals surface area contributed by atoms with Crippen LogP contribution in [0.4, 0.5) is 8.78 Å². The van der Waals surface area contributed by atoms with Gasteiger partial charge in [-0.1, -0.05) is 6.07 Å². The molecule has 1 aromatic heterocycles. The Bertz CT molecular complexity index is 555. The van der Waals surface area contributed by atoms with Gasteiger partial charge in [0.2, 0.25) is 0 Å². The zero-order chi connectivity index (χ0) is 13.8. The number of rotatable bonds is 4. The van der Waals surface area contributed by atoms with Crippen LogP contribution in [-0.4, -0.2) is 4.98 Å². The van der Waals surface area contributed by atoms with Gasteiger partial charge in [0.05, 0.1) is 0 Å². The molecule has 1 unspecified atom stereocenters. The Morgan fingerprint density at radius 1 is 1.26 bits per heavy atom. The summed E-state index contributed by atoms with van der Waals surface area (Å²) in [6.45, 7) is 2.22. The molecule has 0 saturated heterocycles. The van der Waals surface area contributed by atoms with Gasteiger partial charge in [-0.2, -0.15) is 0 Å². The van der Waals surface area contributed by atoms with Crippen molar-refractivity contribution in [3.05, 3.63) is 63.9 Å². The molecule has 2 rings (SSSR count). The minimum atomic E-state index is -0.535. The van der Waals surface area contributed by atoms with Crippen molar-refractivity contribution >= 4 is 15.9 Å². The fourth-order valence-corrected chi connectivity index (χ4v) is 2.26. The molecule has 0 bridgehead atoms. The molecule has 1 atom stereocenters. The summed E-state index contributed by atoms with van der Waals surface area (Å²) >= 11 is 3.33. The maximum Gasteiger partial charge on any atom is 0.130 e. The third kappa shape index (κ3) is 3.58. The Balaban J connectivity index is 2.07. The highest BCUT2D eigenvalue weighted by Gasteiger charge is 2.15. The first kappa shape index (κ1) is 14.1. The number of aromatic nitrogens is 1. The molecule has 5 heteroatoms. The molecule has 0 aliphatic heterocycles.